The first-order valence-corrected chi connectivity index (χ1v) is 6.85. The first kappa shape index (κ1) is 16.6. The molecule has 0 unspecified atom stereocenters. The van der Waals surface area contributed by atoms with Crippen LogP contribution in [0.15, 0.2) is 6.33 Å². The Labute approximate surface area is 126 Å². The summed E-state index contributed by atoms with van der Waals surface area (Å²) >= 11 is 0. The van der Waals surface area contributed by atoms with Crippen LogP contribution in [0.1, 0.15) is 23.1 Å². The molecule has 0 aliphatic carbocycles. The fourth-order valence-electron chi connectivity index (χ4n) is 2.22. The quantitative estimate of drug-likeness (QED) is 0.306. The fourth-order valence-corrected chi connectivity index (χ4v) is 2.22. The highest BCUT2D eigenvalue weighted by Crippen LogP contribution is 2.31. The van der Waals surface area contributed by atoms with Gasteiger partial charge in [-0.3, -0.25) is 9.36 Å². The third-order valence-electron chi connectivity index (χ3n) is 3.46. The maximum atomic E-state index is 11.9. The molecule has 0 radical (unpaired) electrons. The average molecular weight is 316 g/mol. The summed E-state index contributed by atoms with van der Waals surface area (Å²) in [6, 6.07) is 0. The number of aliphatic hydroxyl groups is 4. The van der Waals surface area contributed by atoms with Gasteiger partial charge in [-0.1, -0.05) is 0 Å². The van der Waals surface area contributed by atoms with Crippen molar-refractivity contribution < 1.29 is 30.0 Å². The SMILES string of the molecule is Nc1c(C(=O)NCCCO)ncn1[C@@H]1O[C@H](CO)[C@@H](O)[C@H]1O. The molecule has 1 aromatic heterocycles. The van der Waals surface area contributed by atoms with Gasteiger partial charge in [-0.2, -0.15) is 0 Å². The number of nitrogens with zero attached hydrogens (tertiary/aromatic N) is 2. The van der Waals surface area contributed by atoms with Gasteiger partial charge in [0.15, 0.2) is 11.9 Å². The van der Waals surface area contributed by atoms with E-state index in [2.05, 4.69) is 10.3 Å². The Morgan fingerprint density at radius 2 is 2.14 bits per heavy atom. The minimum absolute atomic E-state index is 0.0312. The van der Waals surface area contributed by atoms with Crippen LogP contribution in [-0.4, -0.2) is 74.0 Å². The molecule has 7 N–H and O–H groups in total. The molecule has 1 aromatic rings. The Morgan fingerprint density at radius 3 is 2.73 bits per heavy atom. The zero-order valence-electron chi connectivity index (χ0n) is 11.8. The van der Waals surface area contributed by atoms with Gasteiger partial charge in [0.05, 0.1) is 12.9 Å². The Balaban J connectivity index is 2.12. The Hall–Kier alpha value is -1.72. The van der Waals surface area contributed by atoms with Crippen LogP contribution in [0.3, 0.4) is 0 Å². The van der Waals surface area contributed by atoms with E-state index in [0.29, 0.717) is 6.42 Å². The number of hydrogen-bond acceptors (Lipinski definition) is 8. The molecule has 1 fully saturated rings. The van der Waals surface area contributed by atoms with Crippen LogP contribution in [0, 0.1) is 0 Å². The summed E-state index contributed by atoms with van der Waals surface area (Å²) in [5.74, 6) is -0.548. The number of aromatic nitrogens is 2. The van der Waals surface area contributed by atoms with E-state index in [4.69, 9.17) is 20.7 Å². The summed E-state index contributed by atoms with van der Waals surface area (Å²) in [7, 11) is 0. The van der Waals surface area contributed by atoms with Crippen molar-refractivity contribution in [3.63, 3.8) is 0 Å². The van der Waals surface area contributed by atoms with Gasteiger partial charge in [0.25, 0.3) is 5.91 Å². The van der Waals surface area contributed by atoms with Gasteiger partial charge in [-0.05, 0) is 6.42 Å². The van der Waals surface area contributed by atoms with Crippen molar-refractivity contribution in [3.05, 3.63) is 12.0 Å². The monoisotopic (exact) mass is 316 g/mol. The van der Waals surface area contributed by atoms with Crippen LogP contribution < -0.4 is 11.1 Å². The summed E-state index contributed by atoms with van der Waals surface area (Å²) in [5, 5.41) is 39.9. The van der Waals surface area contributed by atoms with Crippen LogP contribution in [0.5, 0.6) is 0 Å². The van der Waals surface area contributed by atoms with E-state index < -0.39 is 37.1 Å². The smallest absolute Gasteiger partial charge is 0.273 e. The highest BCUT2D eigenvalue weighted by atomic mass is 16.6. The van der Waals surface area contributed by atoms with E-state index in [9.17, 15) is 15.0 Å². The topological polar surface area (TPSA) is 163 Å². The summed E-state index contributed by atoms with van der Waals surface area (Å²) in [6.07, 6.45) is -2.93. The van der Waals surface area contributed by atoms with Gasteiger partial charge in [0.2, 0.25) is 0 Å². The Morgan fingerprint density at radius 1 is 1.41 bits per heavy atom. The molecular weight excluding hydrogens is 296 g/mol. The third kappa shape index (κ3) is 3.05. The second-order valence-electron chi connectivity index (χ2n) is 4.95. The highest BCUT2D eigenvalue weighted by Gasteiger charge is 2.44. The van der Waals surface area contributed by atoms with Crippen molar-refractivity contribution in [1.29, 1.82) is 0 Å². The van der Waals surface area contributed by atoms with Gasteiger partial charge >= 0.3 is 0 Å². The molecule has 2 rings (SSSR count). The number of carbonyl (C=O) groups is 1. The molecule has 10 heteroatoms. The lowest BCUT2D eigenvalue weighted by Crippen LogP contribution is -2.33. The minimum atomic E-state index is -1.31. The molecule has 10 nitrogen and oxygen atoms in total. The zero-order chi connectivity index (χ0) is 16.3. The molecule has 1 aliphatic rings. The molecule has 2 heterocycles. The van der Waals surface area contributed by atoms with Crippen LogP contribution in [0.4, 0.5) is 5.82 Å². The number of nitrogen functional groups attached to an aromatic ring is 1. The van der Waals surface area contributed by atoms with Crippen LogP contribution in [0.25, 0.3) is 0 Å². The molecule has 1 aliphatic heterocycles. The van der Waals surface area contributed by atoms with Gasteiger partial charge in [0.1, 0.15) is 24.1 Å². The molecular formula is C12H20N4O6. The first-order valence-electron chi connectivity index (χ1n) is 6.85. The summed E-state index contributed by atoms with van der Waals surface area (Å²) < 4.78 is 6.55. The number of amides is 1. The van der Waals surface area contributed by atoms with Crippen LogP contribution in [0.2, 0.25) is 0 Å². The molecule has 0 bridgehead atoms. The number of anilines is 1. The van der Waals surface area contributed by atoms with Gasteiger partial charge in [-0.15, -0.1) is 0 Å². The van der Waals surface area contributed by atoms with Crippen LogP contribution in [-0.2, 0) is 4.74 Å². The first-order chi connectivity index (χ1) is 10.5. The molecule has 22 heavy (non-hydrogen) atoms. The molecule has 124 valence electrons. The zero-order valence-corrected chi connectivity index (χ0v) is 11.8. The van der Waals surface area contributed by atoms with Crippen molar-refractivity contribution in [2.75, 3.05) is 25.5 Å². The van der Waals surface area contributed by atoms with Crippen molar-refractivity contribution in [2.24, 2.45) is 0 Å². The van der Waals surface area contributed by atoms with Gasteiger partial charge in [0, 0.05) is 13.2 Å². The lowest BCUT2D eigenvalue weighted by molar-refractivity contribution is -0.0518. The van der Waals surface area contributed by atoms with Gasteiger partial charge in [-0.25, -0.2) is 4.98 Å². The largest absolute Gasteiger partial charge is 0.396 e. The molecule has 1 saturated heterocycles. The number of ether oxygens (including phenoxy) is 1. The molecule has 0 saturated carbocycles. The normalized spacial score (nSPS) is 28.0. The molecule has 1 amide bonds. The maximum absolute atomic E-state index is 11.9. The van der Waals surface area contributed by atoms with E-state index in [1.165, 1.54) is 10.9 Å². The highest BCUT2D eigenvalue weighted by molar-refractivity contribution is 5.96. The van der Waals surface area contributed by atoms with Crippen molar-refractivity contribution in [3.8, 4) is 0 Å². The Bertz CT molecular complexity index is 522. The van der Waals surface area contributed by atoms with E-state index >= 15 is 0 Å². The van der Waals surface area contributed by atoms with Crippen molar-refractivity contribution in [2.45, 2.75) is 31.0 Å². The summed E-state index contributed by atoms with van der Waals surface area (Å²) in [4.78, 5) is 15.8. The summed E-state index contributed by atoms with van der Waals surface area (Å²) in [6.45, 7) is -0.236. The molecule has 0 spiro atoms. The second-order valence-corrected chi connectivity index (χ2v) is 4.95. The lowest BCUT2D eigenvalue weighted by atomic mass is 10.1. The molecule has 4 atom stereocenters. The van der Waals surface area contributed by atoms with E-state index in [0.717, 1.165) is 0 Å². The Kier molecular flexibility index (Phi) is 5.32. The number of carbonyl (C=O) groups excluding carboxylic acids is 1. The number of imidazole rings is 1. The van der Waals surface area contributed by atoms with E-state index in [1.807, 2.05) is 0 Å². The van der Waals surface area contributed by atoms with Gasteiger partial charge < -0.3 is 36.2 Å². The molecule has 0 aromatic carbocycles. The summed E-state index contributed by atoms with van der Waals surface area (Å²) in [5.41, 5.74) is 5.79. The number of nitrogens with two attached hydrogens (primary N) is 1. The lowest BCUT2D eigenvalue weighted by Gasteiger charge is -2.17. The van der Waals surface area contributed by atoms with Crippen molar-refractivity contribution in [1.82, 2.24) is 14.9 Å². The van der Waals surface area contributed by atoms with Crippen molar-refractivity contribution >= 4 is 11.7 Å². The predicted molar refractivity (Wildman–Crippen MR) is 73.7 cm³/mol. The van der Waals surface area contributed by atoms with E-state index in [-0.39, 0.29) is 24.7 Å². The number of hydrogen-bond donors (Lipinski definition) is 6. The standard InChI is InChI=1S/C12H20N4O6/c13-10-7(11(21)14-2-1-3-17)15-5-16(10)12-9(20)8(19)6(4-18)22-12/h5-6,8-9,12,17-20H,1-4,13H2,(H,14,21)/t6-,8-,9-,12-/m1/s1. The second kappa shape index (κ2) is 7.03. The van der Waals surface area contributed by atoms with Crippen LogP contribution >= 0.6 is 0 Å². The maximum Gasteiger partial charge on any atom is 0.273 e. The average Bonchev–Trinajstić information content (AvgIpc) is 3.01. The number of nitrogens with one attached hydrogen (secondary N) is 1. The minimum Gasteiger partial charge on any atom is -0.396 e. The van der Waals surface area contributed by atoms with E-state index in [1.54, 1.807) is 0 Å². The fraction of sp³-hybridized carbons (Fsp3) is 0.667. The number of rotatable bonds is 6. The third-order valence-corrected chi connectivity index (χ3v) is 3.46. The number of aliphatic hydroxyl groups excluding tert-OH is 4. The predicted octanol–water partition coefficient (Wildman–Crippen LogP) is -2.81.